The average molecular weight is 184 g/mol. The predicted octanol–water partition coefficient (Wildman–Crippen LogP) is 3.53. The minimum absolute atomic E-state index is 0.230. The summed E-state index contributed by atoms with van der Waals surface area (Å²) in [6, 6.07) is 0. The second-order valence-corrected chi connectivity index (χ2v) is 3.92. The molecule has 0 fully saturated rings. The van der Waals surface area contributed by atoms with Crippen LogP contribution < -0.4 is 0 Å². The first-order valence-electron chi connectivity index (χ1n) is 5.48. The van der Waals surface area contributed by atoms with Crippen molar-refractivity contribution >= 4 is 0 Å². The van der Waals surface area contributed by atoms with Gasteiger partial charge >= 0.3 is 0 Å². The fourth-order valence-electron chi connectivity index (χ4n) is 1.58. The summed E-state index contributed by atoms with van der Waals surface area (Å²) < 4.78 is 0. The molecule has 0 rings (SSSR count). The minimum atomic E-state index is -0.230. The fourth-order valence-corrected chi connectivity index (χ4v) is 1.58. The summed E-state index contributed by atoms with van der Waals surface area (Å²) in [6.07, 6.45) is 6.47. The van der Waals surface area contributed by atoms with E-state index in [-0.39, 0.29) is 6.10 Å². The van der Waals surface area contributed by atoms with Gasteiger partial charge in [-0.3, -0.25) is 0 Å². The topological polar surface area (TPSA) is 20.2 Å². The van der Waals surface area contributed by atoms with Gasteiger partial charge in [0, 0.05) is 0 Å². The Morgan fingerprint density at radius 1 is 1.38 bits per heavy atom. The lowest BCUT2D eigenvalue weighted by Crippen LogP contribution is -2.18. The molecule has 13 heavy (non-hydrogen) atoms. The lowest BCUT2D eigenvalue weighted by molar-refractivity contribution is 0.143. The highest BCUT2D eigenvalue weighted by Crippen LogP contribution is 2.18. The van der Waals surface area contributed by atoms with Crippen molar-refractivity contribution in [2.24, 2.45) is 5.92 Å². The molecule has 0 saturated heterocycles. The van der Waals surface area contributed by atoms with Crippen molar-refractivity contribution in [1.29, 1.82) is 0 Å². The van der Waals surface area contributed by atoms with E-state index in [0.29, 0.717) is 5.92 Å². The van der Waals surface area contributed by atoms with Gasteiger partial charge in [-0.1, -0.05) is 39.7 Å². The highest BCUT2D eigenvalue weighted by molar-refractivity contribution is 5.05. The Balaban J connectivity index is 3.93. The second-order valence-electron chi connectivity index (χ2n) is 3.92. The molecule has 0 radical (unpaired) electrons. The smallest absolute Gasteiger partial charge is 0.0772 e. The highest BCUT2D eigenvalue weighted by atomic mass is 16.3. The van der Waals surface area contributed by atoms with E-state index < -0.39 is 0 Å². The van der Waals surface area contributed by atoms with Gasteiger partial charge in [-0.2, -0.15) is 0 Å². The van der Waals surface area contributed by atoms with Gasteiger partial charge in [0.2, 0.25) is 0 Å². The Morgan fingerprint density at radius 3 is 2.46 bits per heavy atom. The monoisotopic (exact) mass is 184 g/mol. The largest absolute Gasteiger partial charge is 0.388 e. The molecule has 0 aromatic rings. The van der Waals surface area contributed by atoms with Crippen LogP contribution in [-0.4, -0.2) is 11.2 Å². The maximum atomic E-state index is 9.88. The van der Waals surface area contributed by atoms with E-state index in [4.69, 9.17) is 0 Å². The molecule has 2 atom stereocenters. The van der Waals surface area contributed by atoms with Crippen molar-refractivity contribution in [3.8, 4) is 0 Å². The zero-order chi connectivity index (χ0) is 10.3. The highest BCUT2D eigenvalue weighted by Gasteiger charge is 2.14. The summed E-state index contributed by atoms with van der Waals surface area (Å²) in [5.74, 6) is 0.405. The van der Waals surface area contributed by atoms with Gasteiger partial charge in [0.15, 0.2) is 0 Å². The third kappa shape index (κ3) is 5.09. The van der Waals surface area contributed by atoms with Crippen molar-refractivity contribution in [2.75, 3.05) is 0 Å². The quantitative estimate of drug-likeness (QED) is 0.626. The van der Waals surface area contributed by atoms with E-state index >= 15 is 0 Å². The Morgan fingerprint density at radius 2 is 2.00 bits per heavy atom. The summed E-state index contributed by atoms with van der Waals surface area (Å²) in [7, 11) is 0. The lowest BCUT2D eigenvalue weighted by Gasteiger charge is -2.19. The summed E-state index contributed by atoms with van der Waals surface area (Å²) in [4.78, 5) is 0. The predicted molar refractivity (Wildman–Crippen MR) is 58.7 cm³/mol. The minimum Gasteiger partial charge on any atom is -0.388 e. The van der Waals surface area contributed by atoms with Gasteiger partial charge in [0.05, 0.1) is 6.10 Å². The molecule has 0 aromatic heterocycles. The first-order valence-corrected chi connectivity index (χ1v) is 5.48. The van der Waals surface area contributed by atoms with Crippen LogP contribution in [0.1, 0.15) is 53.4 Å². The van der Waals surface area contributed by atoms with Crippen molar-refractivity contribution < 1.29 is 5.11 Å². The van der Waals surface area contributed by atoms with Crippen LogP contribution in [0.25, 0.3) is 0 Å². The number of hydrogen-bond acceptors (Lipinski definition) is 1. The molecule has 0 aliphatic rings. The molecule has 78 valence electrons. The fraction of sp³-hybridized carbons (Fsp3) is 0.833. The van der Waals surface area contributed by atoms with Crippen LogP contribution in [-0.2, 0) is 0 Å². The standard InChI is InChI=1S/C12H24O/c1-5-7-9-11(4)12(13)10(3)8-6-2/h8,11-13H,5-7,9H2,1-4H3. The molecule has 0 bridgehead atoms. The Bertz CT molecular complexity index is 149. The zero-order valence-electron chi connectivity index (χ0n) is 9.51. The molecular formula is C12H24O. The van der Waals surface area contributed by atoms with Crippen molar-refractivity contribution in [3.05, 3.63) is 11.6 Å². The molecule has 0 saturated carbocycles. The summed E-state index contributed by atoms with van der Waals surface area (Å²) in [6.45, 7) is 8.45. The van der Waals surface area contributed by atoms with E-state index in [2.05, 4.69) is 26.8 Å². The number of aliphatic hydroxyl groups excluding tert-OH is 1. The molecule has 1 heteroatoms. The summed E-state index contributed by atoms with van der Waals surface area (Å²) >= 11 is 0. The van der Waals surface area contributed by atoms with Crippen LogP contribution in [0, 0.1) is 5.92 Å². The Kier molecular flexibility index (Phi) is 6.97. The third-order valence-corrected chi connectivity index (χ3v) is 2.54. The molecule has 0 heterocycles. The Labute approximate surface area is 82.9 Å². The van der Waals surface area contributed by atoms with Gasteiger partial charge in [-0.15, -0.1) is 0 Å². The molecule has 1 nitrogen and oxygen atoms in total. The third-order valence-electron chi connectivity index (χ3n) is 2.54. The summed E-state index contributed by atoms with van der Waals surface area (Å²) in [5.41, 5.74) is 1.13. The number of allylic oxidation sites excluding steroid dienone is 1. The van der Waals surface area contributed by atoms with Crippen molar-refractivity contribution in [2.45, 2.75) is 59.5 Å². The van der Waals surface area contributed by atoms with E-state index in [1.165, 1.54) is 12.8 Å². The van der Waals surface area contributed by atoms with Crippen molar-refractivity contribution in [3.63, 3.8) is 0 Å². The van der Waals surface area contributed by atoms with Crippen LogP contribution in [0.2, 0.25) is 0 Å². The first kappa shape index (κ1) is 12.7. The zero-order valence-corrected chi connectivity index (χ0v) is 9.51. The second kappa shape index (κ2) is 7.14. The van der Waals surface area contributed by atoms with Crippen LogP contribution in [0.15, 0.2) is 11.6 Å². The average Bonchev–Trinajstić information content (AvgIpc) is 2.13. The number of aliphatic hydroxyl groups is 1. The maximum absolute atomic E-state index is 9.88. The maximum Gasteiger partial charge on any atom is 0.0772 e. The van der Waals surface area contributed by atoms with Gasteiger partial charge < -0.3 is 5.11 Å². The molecule has 0 aromatic carbocycles. The number of hydrogen-bond donors (Lipinski definition) is 1. The van der Waals surface area contributed by atoms with E-state index in [0.717, 1.165) is 18.4 Å². The first-order chi connectivity index (χ1) is 6.13. The molecule has 0 amide bonds. The van der Waals surface area contributed by atoms with Crippen molar-refractivity contribution in [1.82, 2.24) is 0 Å². The number of rotatable bonds is 6. The van der Waals surface area contributed by atoms with Crippen LogP contribution in [0.5, 0.6) is 0 Å². The molecule has 2 unspecified atom stereocenters. The SMILES string of the molecule is CCC=C(C)C(O)C(C)CCCC. The van der Waals surface area contributed by atoms with Crippen LogP contribution >= 0.6 is 0 Å². The Hall–Kier alpha value is -0.300. The van der Waals surface area contributed by atoms with E-state index in [1.54, 1.807) is 0 Å². The normalized spacial score (nSPS) is 17.2. The van der Waals surface area contributed by atoms with E-state index in [1.807, 2.05) is 6.92 Å². The molecule has 0 spiro atoms. The molecular weight excluding hydrogens is 160 g/mol. The van der Waals surface area contributed by atoms with Crippen LogP contribution in [0.3, 0.4) is 0 Å². The molecule has 0 aliphatic carbocycles. The number of unbranched alkanes of at least 4 members (excludes halogenated alkanes) is 1. The van der Waals surface area contributed by atoms with Gasteiger partial charge in [-0.05, 0) is 31.3 Å². The van der Waals surface area contributed by atoms with E-state index in [9.17, 15) is 5.11 Å². The van der Waals surface area contributed by atoms with Gasteiger partial charge in [0.1, 0.15) is 0 Å². The lowest BCUT2D eigenvalue weighted by atomic mass is 9.93. The van der Waals surface area contributed by atoms with Crippen LogP contribution in [0.4, 0.5) is 0 Å². The molecule has 0 aliphatic heterocycles. The van der Waals surface area contributed by atoms with Gasteiger partial charge in [-0.25, -0.2) is 0 Å². The van der Waals surface area contributed by atoms with Gasteiger partial charge in [0.25, 0.3) is 0 Å². The molecule has 1 N–H and O–H groups in total. The summed E-state index contributed by atoms with van der Waals surface area (Å²) in [5, 5.41) is 9.88.